The van der Waals surface area contributed by atoms with Crippen molar-refractivity contribution < 1.29 is 18.0 Å². The lowest BCUT2D eigenvalue weighted by atomic mass is 9.95. The minimum absolute atomic E-state index is 0.00249. The molecular formula is C20H19Cl2F3N6O. The van der Waals surface area contributed by atoms with Gasteiger partial charge in [0.05, 0.1) is 18.0 Å². The number of benzene rings is 1. The minimum atomic E-state index is -4.63. The Balaban J connectivity index is 1.53. The van der Waals surface area contributed by atoms with Gasteiger partial charge in [-0.05, 0) is 37.1 Å². The van der Waals surface area contributed by atoms with Crippen LogP contribution < -0.4 is 10.6 Å². The molecule has 1 saturated heterocycles. The van der Waals surface area contributed by atoms with Crippen LogP contribution >= 0.6 is 23.2 Å². The van der Waals surface area contributed by atoms with E-state index < -0.39 is 24.2 Å². The number of H-pyrrole nitrogens is 1. The molecule has 7 nitrogen and oxygen atoms in total. The maximum absolute atomic E-state index is 14.1. The standard InChI is InChI=1S/C20H19Cl2F3N6O/c21-11-6-12(22)8-13(7-11)27-9-16(32)31-5-1-2-15(17(31)20(23,24)25)30-19-14-3-4-26-18(14)28-10-29-19/h3-4,6-8,10,15,17,27H,1-2,5,9H2,(H2,26,28,29,30)/t15-,17+/m0/s1. The highest BCUT2D eigenvalue weighted by molar-refractivity contribution is 6.35. The van der Waals surface area contributed by atoms with E-state index in [9.17, 15) is 18.0 Å². The number of nitrogens with zero attached hydrogens (tertiary/aromatic N) is 3. The van der Waals surface area contributed by atoms with Crippen molar-refractivity contribution in [3.05, 3.63) is 46.8 Å². The molecule has 1 aliphatic rings. The van der Waals surface area contributed by atoms with Gasteiger partial charge in [-0.2, -0.15) is 13.2 Å². The molecule has 32 heavy (non-hydrogen) atoms. The first-order valence-corrected chi connectivity index (χ1v) is 10.6. The summed E-state index contributed by atoms with van der Waals surface area (Å²) < 4.78 is 42.3. The first-order chi connectivity index (χ1) is 15.2. The highest BCUT2D eigenvalue weighted by Crippen LogP contribution is 2.34. The first kappa shape index (κ1) is 22.5. The van der Waals surface area contributed by atoms with E-state index in [4.69, 9.17) is 23.2 Å². The SMILES string of the molecule is O=C(CNc1cc(Cl)cc(Cl)c1)N1CCC[C@H](Nc2ncnc3[nH]ccc23)[C@@H]1C(F)(F)F. The van der Waals surface area contributed by atoms with Crippen molar-refractivity contribution in [1.29, 1.82) is 0 Å². The largest absolute Gasteiger partial charge is 0.410 e. The number of aromatic nitrogens is 3. The smallest absolute Gasteiger partial charge is 0.376 e. The molecule has 1 aromatic carbocycles. The Kier molecular flexibility index (Phi) is 6.34. The van der Waals surface area contributed by atoms with Crippen molar-refractivity contribution in [2.24, 2.45) is 0 Å². The van der Waals surface area contributed by atoms with Crippen molar-refractivity contribution in [3.8, 4) is 0 Å². The Hall–Kier alpha value is -2.72. The van der Waals surface area contributed by atoms with E-state index in [1.165, 1.54) is 12.4 Å². The van der Waals surface area contributed by atoms with Crippen LogP contribution in [0.1, 0.15) is 12.8 Å². The average molecular weight is 487 g/mol. The second-order valence-electron chi connectivity index (χ2n) is 7.44. The maximum atomic E-state index is 14.1. The molecule has 0 bridgehead atoms. The Bertz CT molecular complexity index is 1100. The van der Waals surface area contributed by atoms with E-state index in [2.05, 4.69) is 25.6 Å². The monoisotopic (exact) mass is 486 g/mol. The molecule has 170 valence electrons. The fourth-order valence-corrected chi connectivity index (χ4v) is 4.46. The molecular weight excluding hydrogens is 468 g/mol. The number of amides is 1. The van der Waals surface area contributed by atoms with Crippen LogP contribution in [0.25, 0.3) is 11.0 Å². The number of carbonyl (C=O) groups is 1. The number of carbonyl (C=O) groups excluding carboxylic acids is 1. The van der Waals surface area contributed by atoms with Crippen LogP contribution in [0, 0.1) is 0 Å². The van der Waals surface area contributed by atoms with Gasteiger partial charge in [0, 0.05) is 28.5 Å². The number of halogens is 5. The molecule has 0 unspecified atom stereocenters. The number of hydrogen-bond donors (Lipinski definition) is 3. The molecule has 3 N–H and O–H groups in total. The van der Waals surface area contributed by atoms with E-state index in [1.54, 1.807) is 24.4 Å². The normalized spacial score (nSPS) is 19.2. The summed E-state index contributed by atoms with van der Waals surface area (Å²) in [6, 6.07) is 3.23. The van der Waals surface area contributed by atoms with E-state index >= 15 is 0 Å². The minimum Gasteiger partial charge on any atom is -0.376 e. The van der Waals surface area contributed by atoms with Crippen molar-refractivity contribution in [2.75, 3.05) is 23.7 Å². The van der Waals surface area contributed by atoms with Gasteiger partial charge in [-0.15, -0.1) is 0 Å². The van der Waals surface area contributed by atoms with Crippen molar-refractivity contribution in [1.82, 2.24) is 19.9 Å². The van der Waals surface area contributed by atoms with Crippen LogP contribution in [0.15, 0.2) is 36.8 Å². The molecule has 0 aliphatic carbocycles. The Morgan fingerprint density at radius 2 is 1.97 bits per heavy atom. The molecule has 3 aromatic rings. The fraction of sp³-hybridized carbons (Fsp3) is 0.350. The molecule has 1 aliphatic heterocycles. The molecule has 3 heterocycles. The Labute approximate surface area is 191 Å². The number of hydrogen-bond acceptors (Lipinski definition) is 5. The highest BCUT2D eigenvalue weighted by Gasteiger charge is 2.51. The van der Waals surface area contributed by atoms with Gasteiger partial charge in [0.2, 0.25) is 5.91 Å². The number of aromatic amines is 1. The summed E-state index contributed by atoms with van der Waals surface area (Å²) in [5, 5.41) is 6.99. The van der Waals surface area contributed by atoms with Crippen LogP contribution in [0.4, 0.5) is 24.7 Å². The third kappa shape index (κ3) is 4.86. The lowest BCUT2D eigenvalue weighted by Gasteiger charge is -2.42. The predicted octanol–water partition coefficient (Wildman–Crippen LogP) is 4.71. The zero-order chi connectivity index (χ0) is 22.9. The topological polar surface area (TPSA) is 85.9 Å². The fourth-order valence-electron chi connectivity index (χ4n) is 3.93. The summed E-state index contributed by atoms with van der Waals surface area (Å²) in [5.74, 6) is -0.388. The Morgan fingerprint density at radius 3 is 2.69 bits per heavy atom. The molecule has 0 saturated carbocycles. The predicted molar refractivity (Wildman–Crippen MR) is 117 cm³/mol. The molecule has 1 fully saturated rings. The zero-order valence-electron chi connectivity index (χ0n) is 16.6. The summed E-state index contributed by atoms with van der Waals surface area (Å²) in [5.41, 5.74) is 0.959. The summed E-state index contributed by atoms with van der Waals surface area (Å²) in [7, 11) is 0. The van der Waals surface area contributed by atoms with Crippen LogP contribution in [0.5, 0.6) is 0 Å². The molecule has 4 rings (SSSR count). The number of likely N-dealkylation sites (tertiary alicyclic amines) is 1. The number of anilines is 2. The van der Waals surface area contributed by atoms with Gasteiger partial charge in [0.25, 0.3) is 0 Å². The lowest BCUT2D eigenvalue weighted by Crippen LogP contribution is -2.61. The average Bonchev–Trinajstić information content (AvgIpc) is 3.20. The number of alkyl halides is 3. The van der Waals surface area contributed by atoms with E-state index in [1.807, 2.05) is 0 Å². The summed E-state index contributed by atoms with van der Waals surface area (Å²) >= 11 is 11.9. The molecule has 1 amide bonds. The van der Waals surface area contributed by atoms with Gasteiger partial charge in [-0.1, -0.05) is 23.2 Å². The molecule has 12 heteroatoms. The zero-order valence-corrected chi connectivity index (χ0v) is 18.1. The van der Waals surface area contributed by atoms with E-state index in [0.29, 0.717) is 33.2 Å². The maximum Gasteiger partial charge on any atom is 0.410 e. The number of rotatable bonds is 5. The molecule has 0 spiro atoms. The van der Waals surface area contributed by atoms with Crippen molar-refractivity contribution in [3.63, 3.8) is 0 Å². The molecule has 2 atom stereocenters. The second-order valence-corrected chi connectivity index (χ2v) is 8.31. The number of nitrogens with one attached hydrogen (secondary N) is 3. The van der Waals surface area contributed by atoms with Crippen LogP contribution in [-0.4, -0.2) is 57.1 Å². The number of piperidine rings is 1. The summed E-state index contributed by atoms with van der Waals surface area (Å²) in [6.45, 7) is -0.325. The van der Waals surface area contributed by atoms with Crippen LogP contribution in [0.2, 0.25) is 10.0 Å². The highest BCUT2D eigenvalue weighted by atomic mass is 35.5. The molecule has 2 aromatic heterocycles. The van der Waals surface area contributed by atoms with Crippen molar-refractivity contribution >= 4 is 51.6 Å². The van der Waals surface area contributed by atoms with Crippen LogP contribution in [-0.2, 0) is 4.79 Å². The molecule has 0 radical (unpaired) electrons. The van der Waals surface area contributed by atoms with Gasteiger partial charge >= 0.3 is 6.18 Å². The van der Waals surface area contributed by atoms with Gasteiger partial charge < -0.3 is 20.5 Å². The van der Waals surface area contributed by atoms with Gasteiger partial charge in [-0.25, -0.2) is 9.97 Å². The lowest BCUT2D eigenvalue weighted by molar-refractivity contribution is -0.197. The van der Waals surface area contributed by atoms with Crippen molar-refractivity contribution in [2.45, 2.75) is 31.1 Å². The van der Waals surface area contributed by atoms with E-state index in [-0.39, 0.29) is 25.3 Å². The number of fused-ring (bicyclic) bond motifs is 1. The third-order valence-electron chi connectivity index (χ3n) is 5.27. The first-order valence-electron chi connectivity index (χ1n) is 9.83. The van der Waals surface area contributed by atoms with Gasteiger partial charge in [-0.3, -0.25) is 4.79 Å². The van der Waals surface area contributed by atoms with Gasteiger partial charge in [0.1, 0.15) is 23.8 Å². The summed E-state index contributed by atoms with van der Waals surface area (Å²) in [4.78, 5) is 24.7. The third-order valence-corrected chi connectivity index (χ3v) is 5.71. The quantitative estimate of drug-likeness (QED) is 0.486. The second kappa shape index (κ2) is 9.03. The van der Waals surface area contributed by atoms with Crippen LogP contribution in [0.3, 0.4) is 0 Å². The summed E-state index contributed by atoms with van der Waals surface area (Å²) in [6.07, 6.45) is -1.06. The van der Waals surface area contributed by atoms with Gasteiger partial charge in [0.15, 0.2) is 0 Å². The van der Waals surface area contributed by atoms with E-state index in [0.717, 1.165) is 4.90 Å². The Morgan fingerprint density at radius 1 is 1.22 bits per heavy atom.